The van der Waals surface area contributed by atoms with Crippen molar-refractivity contribution < 1.29 is 27.1 Å². The van der Waals surface area contributed by atoms with Gasteiger partial charge in [0.1, 0.15) is 5.75 Å². The van der Waals surface area contributed by atoms with Crippen molar-refractivity contribution in [2.45, 2.75) is 6.92 Å². The highest BCUT2D eigenvalue weighted by molar-refractivity contribution is 7.85. The molecular formula is C13H13N5O7S. The molecule has 0 aliphatic carbocycles. The van der Waals surface area contributed by atoms with Gasteiger partial charge in [-0.3, -0.25) is 15.4 Å². The summed E-state index contributed by atoms with van der Waals surface area (Å²) in [6.07, 6.45) is 0. The predicted octanol–water partition coefficient (Wildman–Crippen LogP) is 1.15. The molecule has 0 atom stereocenters. The van der Waals surface area contributed by atoms with Crippen molar-refractivity contribution in [3.8, 4) is 11.6 Å². The minimum atomic E-state index is -4.53. The molecule has 2 N–H and O–H groups in total. The van der Waals surface area contributed by atoms with Crippen LogP contribution in [0, 0.1) is 17.0 Å². The zero-order chi connectivity index (χ0) is 19.3. The van der Waals surface area contributed by atoms with Gasteiger partial charge in [-0.15, -0.1) is 0 Å². The number of nitro benzene ring substituents is 1. The van der Waals surface area contributed by atoms with Crippen LogP contribution < -0.4 is 19.0 Å². The maximum atomic E-state index is 11.8. The van der Waals surface area contributed by atoms with Crippen LogP contribution in [0.2, 0.25) is 0 Å². The third kappa shape index (κ3) is 5.27. The molecule has 1 aromatic heterocycles. The van der Waals surface area contributed by atoms with Crippen LogP contribution >= 0.6 is 0 Å². The average molecular weight is 383 g/mol. The van der Waals surface area contributed by atoms with Crippen molar-refractivity contribution >= 4 is 28.0 Å². The number of benzene rings is 1. The zero-order valence-corrected chi connectivity index (χ0v) is 14.3. The molecule has 0 saturated carbocycles. The van der Waals surface area contributed by atoms with Gasteiger partial charge in [0.15, 0.2) is 0 Å². The van der Waals surface area contributed by atoms with Gasteiger partial charge in [-0.05, 0) is 19.1 Å². The molecule has 138 valence electrons. The van der Waals surface area contributed by atoms with E-state index in [1.165, 1.54) is 13.2 Å². The van der Waals surface area contributed by atoms with E-state index >= 15 is 0 Å². The molecule has 1 heterocycles. The first-order valence-electron chi connectivity index (χ1n) is 6.86. The van der Waals surface area contributed by atoms with Gasteiger partial charge in [-0.1, -0.05) is 0 Å². The second-order valence-corrected chi connectivity index (χ2v) is 6.00. The Bertz CT molecular complexity index is 930. The number of non-ortho nitro benzene ring substituents is 1. The number of urea groups is 1. The van der Waals surface area contributed by atoms with Crippen LogP contribution in [0.4, 0.5) is 16.4 Å². The Hall–Kier alpha value is -3.48. The Morgan fingerprint density at radius 2 is 1.88 bits per heavy atom. The van der Waals surface area contributed by atoms with E-state index in [4.69, 9.17) is 4.74 Å². The van der Waals surface area contributed by atoms with Crippen molar-refractivity contribution in [3.05, 3.63) is 46.1 Å². The highest BCUT2D eigenvalue weighted by Crippen LogP contribution is 2.18. The number of rotatable bonds is 6. The maximum Gasteiger partial charge on any atom is 0.411 e. The first-order chi connectivity index (χ1) is 12.2. The zero-order valence-electron chi connectivity index (χ0n) is 13.5. The summed E-state index contributed by atoms with van der Waals surface area (Å²) in [5.41, 5.74) is 0.239. The molecular weight excluding hydrogens is 370 g/mol. The number of carbonyl (C=O) groups excluding carboxylic acids is 1. The molecule has 0 radical (unpaired) electrons. The fraction of sp³-hybridized carbons (Fsp3) is 0.154. The average Bonchev–Trinajstić information content (AvgIpc) is 2.53. The van der Waals surface area contributed by atoms with E-state index in [2.05, 4.69) is 19.5 Å². The number of aryl methyl sites for hydroxylation is 1. The minimum Gasteiger partial charge on any atom is -0.481 e. The van der Waals surface area contributed by atoms with E-state index in [0.29, 0.717) is 5.69 Å². The summed E-state index contributed by atoms with van der Waals surface area (Å²) in [6.45, 7) is 1.63. The van der Waals surface area contributed by atoms with Crippen LogP contribution in [-0.4, -0.2) is 36.4 Å². The Kier molecular flexibility index (Phi) is 5.51. The van der Waals surface area contributed by atoms with Crippen molar-refractivity contribution in [1.29, 1.82) is 0 Å². The number of nitrogens with one attached hydrogen (secondary N) is 2. The monoisotopic (exact) mass is 383 g/mol. The highest BCUT2D eigenvalue weighted by Gasteiger charge is 2.18. The van der Waals surface area contributed by atoms with Gasteiger partial charge in [0.2, 0.25) is 11.8 Å². The SMILES string of the molecule is COc1cc(C)nc(NC(=O)NS(=O)(=O)Oc2ccc([N+](=O)[O-])cc2)n1. The van der Waals surface area contributed by atoms with Crippen LogP contribution in [-0.2, 0) is 10.3 Å². The molecule has 0 saturated heterocycles. The van der Waals surface area contributed by atoms with E-state index in [-0.39, 0.29) is 23.3 Å². The molecule has 2 aromatic rings. The van der Waals surface area contributed by atoms with Crippen LogP contribution in [0.5, 0.6) is 11.6 Å². The molecule has 12 nitrogen and oxygen atoms in total. The van der Waals surface area contributed by atoms with Crippen molar-refractivity contribution in [1.82, 2.24) is 14.7 Å². The molecule has 0 spiro atoms. The molecule has 0 bridgehead atoms. The number of aromatic nitrogens is 2. The van der Waals surface area contributed by atoms with Crippen molar-refractivity contribution in [2.24, 2.45) is 0 Å². The lowest BCUT2D eigenvalue weighted by Gasteiger charge is -2.09. The van der Waals surface area contributed by atoms with E-state index in [1.807, 2.05) is 0 Å². The second-order valence-electron chi connectivity index (χ2n) is 4.72. The Balaban J connectivity index is 2.03. The molecule has 2 amide bonds. The highest BCUT2D eigenvalue weighted by atomic mass is 32.2. The van der Waals surface area contributed by atoms with E-state index in [1.54, 1.807) is 11.6 Å². The van der Waals surface area contributed by atoms with Gasteiger partial charge in [0.25, 0.3) is 5.69 Å². The fourth-order valence-electron chi connectivity index (χ4n) is 1.71. The number of hydrogen-bond donors (Lipinski definition) is 2. The summed E-state index contributed by atoms with van der Waals surface area (Å²) in [4.78, 5) is 29.4. The van der Waals surface area contributed by atoms with Gasteiger partial charge < -0.3 is 8.92 Å². The summed E-state index contributed by atoms with van der Waals surface area (Å²) in [5, 5.41) is 12.7. The number of nitro groups is 1. The number of carbonyl (C=O) groups is 1. The van der Waals surface area contributed by atoms with E-state index in [9.17, 15) is 23.3 Å². The van der Waals surface area contributed by atoms with Gasteiger partial charge in [0.05, 0.1) is 12.0 Å². The molecule has 0 fully saturated rings. The van der Waals surface area contributed by atoms with Gasteiger partial charge in [-0.2, -0.15) is 13.4 Å². The summed E-state index contributed by atoms with van der Waals surface area (Å²) in [6, 6.07) is 4.60. The van der Waals surface area contributed by atoms with Crippen molar-refractivity contribution in [3.63, 3.8) is 0 Å². The maximum absolute atomic E-state index is 11.8. The topological polar surface area (TPSA) is 163 Å². The van der Waals surface area contributed by atoms with Gasteiger partial charge >= 0.3 is 16.3 Å². The molecule has 0 aliphatic rings. The van der Waals surface area contributed by atoms with Gasteiger partial charge in [0, 0.05) is 23.9 Å². The first kappa shape index (κ1) is 18.9. The Morgan fingerprint density at radius 1 is 1.23 bits per heavy atom. The number of nitrogens with zero attached hydrogens (tertiary/aromatic N) is 3. The third-order valence-electron chi connectivity index (χ3n) is 2.74. The van der Waals surface area contributed by atoms with Crippen LogP contribution in [0.25, 0.3) is 0 Å². The third-order valence-corrected chi connectivity index (χ3v) is 3.58. The summed E-state index contributed by atoms with van der Waals surface area (Å²) in [5.74, 6) is -0.216. The number of ether oxygens (including phenoxy) is 1. The predicted molar refractivity (Wildman–Crippen MR) is 88.1 cm³/mol. The lowest BCUT2D eigenvalue weighted by molar-refractivity contribution is -0.384. The van der Waals surface area contributed by atoms with Gasteiger partial charge in [-0.25, -0.2) is 14.5 Å². The molecule has 0 aliphatic heterocycles. The standard InChI is InChI=1S/C13H13N5O7S/c1-8-7-11(24-2)15-12(14-8)16-13(19)17-26(22,23)25-10-5-3-9(4-6-10)18(20)21/h3-7H,1-2H3,(H2,14,15,16,17,19). The van der Waals surface area contributed by atoms with E-state index < -0.39 is 21.3 Å². The summed E-state index contributed by atoms with van der Waals surface area (Å²) in [7, 11) is -3.16. The Morgan fingerprint density at radius 3 is 2.46 bits per heavy atom. The Labute approximate surface area is 147 Å². The molecule has 13 heteroatoms. The normalized spacial score (nSPS) is 10.7. The number of hydrogen-bond acceptors (Lipinski definition) is 9. The smallest absolute Gasteiger partial charge is 0.411 e. The fourth-order valence-corrected chi connectivity index (χ4v) is 2.40. The lowest BCUT2D eigenvalue weighted by atomic mass is 10.3. The summed E-state index contributed by atoms with van der Waals surface area (Å²) < 4.78 is 34.8. The number of methoxy groups -OCH3 is 1. The van der Waals surface area contributed by atoms with Crippen LogP contribution in [0.15, 0.2) is 30.3 Å². The summed E-state index contributed by atoms with van der Waals surface area (Å²) >= 11 is 0. The quantitative estimate of drug-likeness (QED) is 0.550. The second kappa shape index (κ2) is 7.60. The lowest BCUT2D eigenvalue weighted by Crippen LogP contribution is -2.37. The largest absolute Gasteiger partial charge is 0.481 e. The number of amides is 2. The first-order valence-corrected chi connectivity index (χ1v) is 8.26. The molecule has 26 heavy (non-hydrogen) atoms. The van der Waals surface area contributed by atoms with E-state index in [0.717, 1.165) is 24.3 Å². The van der Waals surface area contributed by atoms with Crippen LogP contribution in [0.3, 0.4) is 0 Å². The van der Waals surface area contributed by atoms with Crippen LogP contribution in [0.1, 0.15) is 5.69 Å². The molecule has 1 aromatic carbocycles. The molecule has 2 rings (SSSR count). The number of anilines is 1. The minimum absolute atomic E-state index is 0.176. The van der Waals surface area contributed by atoms with Crippen molar-refractivity contribution in [2.75, 3.05) is 12.4 Å². The molecule has 0 unspecified atom stereocenters.